The molecule has 5 heteroatoms. The zero-order valence-corrected chi connectivity index (χ0v) is 12.6. The van der Waals surface area contributed by atoms with Gasteiger partial charge >= 0.3 is 0 Å². The number of likely N-dealkylation sites (tertiary alicyclic amines) is 1. The molecule has 21 heavy (non-hydrogen) atoms. The van der Waals surface area contributed by atoms with Crippen molar-refractivity contribution >= 4 is 10.9 Å². The van der Waals surface area contributed by atoms with E-state index in [0.29, 0.717) is 17.8 Å². The van der Waals surface area contributed by atoms with Crippen molar-refractivity contribution in [2.75, 3.05) is 13.1 Å². The number of para-hydroxylation sites is 1. The zero-order valence-electron chi connectivity index (χ0n) is 12.6. The van der Waals surface area contributed by atoms with E-state index in [2.05, 4.69) is 21.8 Å². The van der Waals surface area contributed by atoms with Gasteiger partial charge in [0.25, 0.3) is 5.56 Å². The van der Waals surface area contributed by atoms with E-state index in [1.165, 1.54) is 0 Å². The third-order valence-electron chi connectivity index (χ3n) is 4.46. The van der Waals surface area contributed by atoms with Crippen LogP contribution in [-0.4, -0.2) is 34.0 Å². The molecule has 0 amide bonds. The minimum atomic E-state index is -0.0617. The summed E-state index contributed by atoms with van der Waals surface area (Å²) in [4.78, 5) is 22.0. The van der Waals surface area contributed by atoms with Crippen molar-refractivity contribution in [1.82, 2.24) is 14.9 Å². The van der Waals surface area contributed by atoms with Gasteiger partial charge in [0.05, 0.1) is 17.4 Å². The second-order valence-corrected chi connectivity index (χ2v) is 6.15. The molecule has 1 aromatic carbocycles. The number of piperidine rings is 1. The number of hydrogen-bond donors (Lipinski definition) is 2. The van der Waals surface area contributed by atoms with Gasteiger partial charge in [-0.1, -0.05) is 19.1 Å². The molecule has 0 spiro atoms. The van der Waals surface area contributed by atoms with Gasteiger partial charge in [0, 0.05) is 12.6 Å². The Balaban J connectivity index is 1.88. The molecule has 2 heterocycles. The molecular weight excluding hydrogens is 264 g/mol. The highest BCUT2D eigenvalue weighted by Crippen LogP contribution is 2.17. The highest BCUT2D eigenvalue weighted by molar-refractivity contribution is 5.80. The first-order valence-corrected chi connectivity index (χ1v) is 7.51. The molecule has 1 aliphatic rings. The third kappa shape index (κ3) is 2.84. The van der Waals surface area contributed by atoms with Gasteiger partial charge in [-0.15, -0.1) is 0 Å². The van der Waals surface area contributed by atoms with Crippen LogP contribution in [0.4, 0.5) is 0 Å². The van der Waals surface area contributed by atoms with Crippen LogP contribution in [0.5, 0.6) is 0 Å². The first kappa shape index (κ1) is 14.2. The Bertz CT molecular complexity index is 709. The van der Waals surface area contributed by atoms with Crippen LogP contribution in [0.1, 0.15) is 24.7 Å². The predicted octanol–water partition coefficient (Wildman–Crippen LogP) is 1.40. The number of H-pyrrole nitrogens is 1. The van der Waals surface area contributed by atoms with Crippen molar-refractivity contribution in [3.63, 3.8) is 0 Å². The number of nitrogens with zero attached hydrogens (tertiary/aromatic N) is 2. The summed E-state index contributed by atoms with van der Waals surface area (Å²) in [6, 6.07) is 5.89. The molecule has 3 N–H and O–H groups in total. The molecule has 1 saturated heterocycles. The van der Waals surface area contributed by atoms with Crippen LogP contribution in [-0.2, 0) is 6.54 Å². The lowest BCUT2D eigenvalue weighted by Crippen LogP contribution is -2.47. The Morgan fingerprint density at radius 3 is 3.05 bits per heavy atom. The number of aromatic amines is 1. The Morgan fingerprint density at radius 2 is 2.29 bits per heavy atom. The number of nitrogens with two attached hydrogens (primary N) is 1. The lowest BCUT2D eigenvalue weighted by atomic mass is 9.94. The van der Waals surface area contributed by atoms with Crippen LogP contribution in [0.2, 0.25) is 0 Å². The number of benzene rings is 1. The average Bonchev–Trinajstić information content (AvgIpc) is 2.44. The fourth-order valence-corrected chi connectivity index (χ4v) is 2.95. The van der Waals surface area contributed by atoms with E-state index in [1.807, 2.05) is 25.1 Å². The summed E-state index contributed by atoms with van der Waals surface area (Å²) in [7, 11) is 0. The van der Waals surface area contributed by atoms with Gasteiger partial charge in [-0.05, 0) is 37.4 Å². The molecule has 0 bridgehead atoms. The Kier molecular flexibility index (Phi) is 3.78. The van der Waals surface area contributed by atoms with Crippen LogP contribution >= 0.6 is 0 Å². The summed E-state index contributed by atoms with van der Waals surface area (Å²) in [5.41, 5.74) is 7.90. The summed E-state index contributed by atoms with van der Waals surface area (Å²) in [6.07, 6.45) is 1.10. The normalized spacial score (nSPS) is 23.6. The van der Waals surface area contributed by atoms with Gasteiger partial charge in [0.15, 0.2) is 0 Å². The van der Waals surface area contributed by atoms with Crippen molar-refractivity contribution in [2.45, 2.75) is 32.9 Å². The number of nitrogens with one attached hydrogen (secondary N) is 1. The van der Waals surface area contributed by atoms with Crippen molar-refractivity contribution in [3.8, 4) is 0 Å². The van der Waals surface area contributed by atoms with Crippen LogP contribution in [0, 0.1) is 12.8 Å². The van der Waals surface area contributed by atoms with Gasteiger partial charge in [-0.25, -0.2) is 4.98 Å². The van der Waals surface area contributed by atoms with Crippen LogP contribution in [0.15, 0.2) is 23.0 Å². The first-order chi connectivity index (χ1) is 10.0. The molecule has 0 aliphatic carbocycles. The van der Waals surface area contributed by atoms with E-state index in [9.17, 15) is 4.79 Å². The van der Waals surface area contributed by atoms with Gasteiger partial charge in [0.1, 0.15) is 5.82 Å². The first-order valence-electron chi connectivity index (χ1n) is 7.51. The maximum absolute atomic E-state index is 12.2. The van der Waals surface area contributed by atoms with Crippen molar-refractivity contribution in [3.05, 3.63) is 39.9 Å². The Morgan fingerprint density at radius 1 is 1.48 bits per heavy atom. The molecule has 1 fully saturated rings. The molecule has 1 aliphatic heterocycles. The lowest BCUT2D eigenvalue weighted by molar-refractivity contribution is 0.159. The summed E-state index contributed by atoms with van der Waals surface area (Å²) < 4.78 is 0. The highest BCUT2D eigenvalue weighted by atomic mass is 16.1. The molecule has 5 nitrogen and oxygen atoms in total. The molecule has 1 aromatic heterocycles. The lowest BCUT2D eigenvalue weighted by Gasteiger charge is -2.34. The van der Waals surface area contributed by atoms with Crippen molar-refractivity contribution in [1.29, 1.82) is 0 Å². The van der Waals surface area contributed by atoms with Gasteiger partial charge in [-0.3, -0.25) is 9.69 Å². The fourth-order valence-electron chi connectivity index (χ4n) is 2.95. The number of fused-ring (bicyclic) bond motifs is 1. The second-order valence-electron chi connectivity index (χ2n) is 6.15. The zero-order chi connectivity index (χ0) is 15.0. The summed E-state index contributed by atoms with van der Waals surface area (Å²) in [5, 5.41) is 0.655. The van der Waals surface area contributed by atoms with Crippen LogP contribution < -0.4 is 11.3 Å². The van der Waals surface area contributed by atoms with E-state index in [4.69, 9.17) is 5.73 Å². The quantitative estimate of drug-likeness (QED) is 0.875. The van der Waals surface area contributed by atoms with Crippen LogP contribution in [0.3, 0.4) is 0 Å². The average molecular weight is 286 g/mol. The molecule has 2 unspecified atom stereocenters. The van der Waals surface area contributed by atoms with E-state index >= 15 is 0 Å². The Labute approximate surface area is 124 Å². The standard InChI is InChI=1S/C16H22N4O/c1-10-6-7-20(8-13(10)17)9-14-18-15-11(2)4-3-5-12(15)16(21)19-14/h3-5,10,13H,6-9,17H2,1-2H3,(H,18,19,21). The molecular formula is C16H22N4O. The maximum Gasteiger partial charge on any atom is 0.258 e. The third-order valence-corrected chi connectivity index (χ3v) is 4.46. The van der Waals surface area contributed by atoms with E-state index in [0.717, 1.165) is 36.4 Å². The summed E-state index contributed by atoms with van der Waals surface area (Å²) in [5.74, 6) is 1.29. The smallest absolute Gasteiger partial charge is 0.258 e. The summed E-state index contributed by atoms with van der Waals surface area (Å²) in [6.45, 7) is 6.69. The van der Waals surface area contributed by atoms with Crippen molar-refractivity contribution < 1.29 is 0 Å². The summed E-state index contributed by atoms with van der Waals surface area (Å²) >= 11 is 0. The van der Waals surface area contributed by atoms with E-state index in [1.54, 1.807) is 0 Å². The minimum absolute atomic E-state index is 0.0617. The van der Waals surface area contributed by atoms with Crippen LogP contribution in [0.25, 0.3) is 10.9 Å². The largest absolute Gasteiger partial charge is 0.326 e. The van der Waals surface area contributed by atoms with Crippen molar-refractivity contribution in [2.24, 2.45) is 11.7 Å². The molecule has 2 atom stereocenters. The number of hydrogen-bond acceptors (Lipinski definition) is 4. The Hall–Kier alpha value is -1.72. The maximum atomic E-state index is 12.2. The minimum Gasteiger partial charge on any atom is -0.326 e. The molecule has 3 rings (SSSR count). The van der Waals surface area contributed by atoms with Gasteiger partial charge < -0.3 is 10.7 Å². The highest BCUT2D eigenvalue weighted by Gasteiger charge is 2.23. The monoisotopic (exact) mass is 286 g/mol. The molecule has 2 aromatic rings. The number of rotatable bonds is 2. The van der Waals surface area contributed by atoms with E-state index < -0.39 is 0 Å². The second kappa shape index (κ2) is 5.58. The molecule has 112 valence electrons. The van der Waals surface area contributed by atoms with Gasteiger partial charge in [-0.2, -0.15) is 0 Å². The SMILES string of the molecule is Cc1cccc2c(=O)[nH]c(CN3CCC(C)C(N)C3)nc12. The molecule has 0 saturated carbocycles. The molecule has 0 radical (unpaired) electrons. The van der Waals surface area contributed by atoms with Gasteiger partial charge in [0.2, 0.25) is 0 Å². The van der Waals surface area contributed by atoms with E-state index in [-0.39, 0.29) is 11.6 Å². The number of aryl methyl sites for hydroxylation is 1. The predicted molar refractivity (Wildman–Crippen MR) is 84.1 cm³/mol. The topological polar surface area (TPSA) is 75.0 Å². The fraction of sp³-hybridized carbons (Fsp3) is 0.500. The number of aromatic nitrogens is 2.